The Labute approximate surface area is 250 Å². The van der Waals surface area contributed by atoms with Crippen molar-refractivity contribution in [2.75, 3.05) is 6.61 Å². The first kappa shape index (κ1) is 30.4. The van der Waals surface area contributed by atoms with Gasteiger partial charge in [0.05, 0.1) is 43.7 Å². The number of hydrogen-bond donors (Lipinski definition) is 0. The Bertz CT molecular complexity index is 1260. The molecule has 4 heterocycles. The van der Waals surface area contributed by atoms with Gasteiger partial charge in [-0.3, -0.25) is 0 Å². The van der Waals surface area contributed by atoms with Crippen LogP contribution in [0.5, 0.6) is 0 Å². The van der Waals surface area contributed by atoms with E-state index in [1.807, 2.05) is 32.1 Å². The number of carbonyl (C=O) groups is 1. The van der Waals surface area contributed by atoms with Crippen LogP contribution >= 0.6 is 0 Å². The standard InChI is InChI=1S/C35H43NO6/c1-22-17-28-12-8-14-32(37)42-34-24(3)31(41-33(25(34)4)23(2)21-36-5)13-7-10-26-9-6-11-27(19-26)35-38-16-15-29(40-35)20-30(18-22)39-28/h6-11,14,19,21,24-25,28-31,33-35H,1,12-13,15-18,20H2,2-4H3/b10-7-,14-8+,23-21+/t24-,25-,28-,29-,30+,31+,33-,34-,35-/m0/s1. The zero-order valence-electron chi connectivity index (χ0n) is 24.9. The van der Waals surface area contributed by atoms with Crippen molar-refractivity contribution >= 4 is 12.0 Å². The van der Waals surface area contributed by atoms with Gasteiger partial charge in [0.1, 0.15) is 6.10 Å². The van der Waals surface area contributed by atoms with Gasteiger partial charge < -0.3 is 23.7 Å². The van der Waals surface area contributed by atoms with Crippen molar-refractivity contribution in [3.63, 3.8) is 0 Å². The van der Waals surface area contributed by atoms with Gasteiger partial charge in [0.25, 0.3) is 0 Å². The Morgan fingerprint density at radius 2 is 1.83 bits per heavy atom. The highest BCUT2D eigenvalue weighted by atomic mass is 16.7. The molecular formula is C35H43NO6. The van der Waals surface area contributed by atoms with Crippen molar-refractivity contribution in [1.29, 1.82) is 0 Å². The van der Waals surface area contributed by atoms with Gasteiger partial charge in [0.15, 0.2) is 12.5 Å². The normalized spacial score (nSPS) is 37.9. The molecule has 42 heavy (non-hydrogen) atoms. The second-order valence-electron chi connectivity index (χ2n) is 12.2. The molecule has 4 aliphatic rings. The lowest BCUT2D eigenvalue weighted by Gasteiger charge is -2.44. The van der Waals surface area contributed by atoms with E-state index in [4.69, 9.17) is 30.3 Å². The second-order valence-corrected chi connectivity index (χ2v) is 12.2. The fourth-order valence-electron chi connectivity index (χ4n) is 6.72. The molecule has 224 valence electrons. The van der Waals surface area contributed by atoms with Crippen molar-refractivity contribution in [1.82, 2.24) is 0 Å². The summed E-state index contributed by atoms with van der Waals surface area (Å²) in [7, 11) is 0. The maximum absolute atomic E-state index is 13.0. The van der Waals surface area contributed by atoms with Crippen LogP contribution < -0.4 is 0 Å². The van der Waals surface area contributed by atoms with E-state index in [0.29, 0.717) is 19.4 Å². The first-order chi connectivity index (χ1) is 20.3. The van der Waals surface area contributed by atoms with Crippen LogP contribution in [0.1, 0.15) is 76.7 Å². The highest BCUT2D eigenvalue weighted by Crippen LogP contribution is 2.38. The average molecular weight is 574 g/mol. The molecule has 5 rings (SSSR count). The van der Waals surface area contributed by atoms with Gasteiger partial charge in [-0.2, -0.15) is 0 Å². The van der Waals surface area contributed by atoms with Crippen LogP contribution in [0.25, 0.3) is 10.9 Å². The van der Waals surface area contributed by atoms with Crippen molar-refractivity contribution in [2.45, 2.75) is 102 Å². The van der Waals surface area contributed by atoms with Gasteiger partial charge in [-0.05, 0) is 49.3 Å². The van der Waals surface area contributed by atoms with Crippen LogP contribution in [-0.2, 0) is 28.5 Å². The summed E-state index contributed by atoms with van der Waals surface area (Å²) in [6, 6.07) is 8.24. The predicted molar refractivity (Wildman–Crippen MR) is 161 cm³/mol. The number of carbonyl (C=O) groups excluding carboxylic acids is 1. The second kappa shape index (κ2) is 14.0. The van der Waals surface area contributed by atoms with Crippen LogP contribution in [0.3, 0.4) is 0 Å². The summed E-state index contributed by atoms with van der Waals surface area (Å²) < 4.78 is 31.5. The van der Waals surface area contributed by atoms with Crippen LogP contribution in [0.4, 0.5) is 0 Å². The zero-order valence-corrected chi connectivity index (χ0v) is 24.9. The zero-order chi connectivity index (χ0) is 29.6. The molecule has 4 aliphatic heterocycles. The van der Waals surface area contributed by atoms with E-state index in [-0.39, 0.29) is 54.4 Å². The summed E-state index contributed by atoms with van der Waals surface area (Å²) in [5, 5.41) is 0. The summed E-state index contributed by atoms with van der Waals surface area (Å²) in [4.78, 5) is 16.5. The van der Waals surface area contributed by atoms with Crippen molar-refractivity contribution in [3.05, 3.63) is 89.0 Å². The Morgan fingerprint density at radius 1 is 1.02 bits per heavy atom. The van der Waals surface area contributed by atoms with Crippen molar-refractivity contribution < 1.29 is 28.5 Å². The fourth-order valence-corrected chi connectivity index (χ4v) is 6.72. The molecule has 0 aromatic heterocycles. The molecule has 0 aliphatic carbocycles. The van der Waals surface area contributed by atoms with Gasteiger partial charge in [-0.1, -0.05) is 69.4 Å². The van der Waals surface area contributed by atoms with E-state index in [1.54, 1.807) is 0 Å². The molecule has 7 nitrogen and oxygen atoms in total. The summed E-state index contributed by atoms with van der Waals surface area (Å²) in [6.45, 7) is 18.2. The molecule has 0 radical (unpaired) electrons. The number of benzene rings is 1. The van der Waals surface area contributed by atoms with Crippen LogP contribution in [0, 0.1) is 18.4 Å². The Balaban J connectivity index is 1.43. The summed E-state index contributed by atoms with van der Waals surface area (Å²) in [6.07, 6.45) is 12.3. The van der Waals surface area contributed by atoms with E-state index in [1.165, 1.54) is 17.8 Å². The molecule has 8 bridgehead atoms. The number of rotatable bonds is 1. The predicted octanol–water partition coefficient (Wildman–Crippen LogP) is 7.12. The molecule has 3 fully saturated rings. The first-order valence-corrected chi connectivity index (χ1v) is 15.2. The Morgan fingerprint density at radius 3 is 2.67 bits per heavy atom. The molecule has 1 aromatic rings. The molecular weight excluding hydrogens is 530 g/mol. The third-order valence-corrected chi connectivity index (χ3v) is 8.87. The Kier molecular flexibility index (Phi) is 10.1. The quantitative estimate of drug-likeness (QED) is 0.202. The smallest absolute Gasteiger partial charge is 0.330 e. The molecule has 0 unspecified atom stereocenters. The maximum atomic E-state index is 13.0. The number of nitrogens with zero attached hydrogens (tertiary/aromatic N) is 1. The van der Waals surface area contributed by atoms with Crippen LogP contribution in [0.15, 0.2) is 66.4 Å². The minimum absolute atomic E-state index is 0.0216. The Hall–Kier alpha value is -3.02. The number of fused-ring (bicyclic) bond motifs is 9. The van der Waals surface area contributed by atoms with Crippen molar-refractivity contribution in [3.8, 4) is 0 Å². The molecule has 7 heteroatoms. The van der Waals surface area contributed by atoms with Crippen LogP contribution in [-0.4, -0.2) is 49.2 Å². The van der Waals surface area contributed by atoms with E-state index in [0.717, 1.165) is 42.4 Å². The fraction of sp³-hybridized carbons (Fsp3) is 0.543. The third kappa shape index (κ3) is 7.48. The summed E-state index contributed by atoms with van der Waals surface area (Å²) in [5.41, 5.74) is 4.04. The first-order valence-electron chi connectivity index (χ1n) is 15.2. The molecule has 0 N–H and O–H groups in total. The third-order valence-electron chi connectivity index (χ3n) is 8.87. The van der Waals surface area contributed by atoms with E-state index >= 15 is 0 Å². The largest absolute Gasteiger partial charge is 0.458 e. The topological polar surface area (TPSA) is 67.6 Å². The molecule has 9 atom stereocenters. The number of esters is 1. The minimum atomic E-state index is -0.415. The molecule has 0 amide bonds. The van der Waals surface area contributed by atoms with Gasteiger partial charge in [0, 0.05) is 29.9 Å². The van der Waals surface area contributed by atoms with Crippen molar-refractivity contribution in [2.24, 2.45) is 11.8 Å². The lowest BCUT2D eigenvalue weighted by molar-refractivity contribution is -0.225. The SMILES string of the molecule is [C-]#[N+]/C=C(\C)[C@@H]1O[C@@H]2C/C=C\c3cccc(c3)[C@H]3OCC[C@@H](C[C@H]4CC(=C)C[C@H](C/C=C/C(=O)O[C@@H]([C@H]2C)[C@H]1C)O4)O3. The summed E-state index contributed by atoms with van der Waals surface area (Å²) >= 11 is 0. The number of ether oxygens (including phenoxy) is 5. The highest BCUT2D eigenvalue weighted by molar-refractivity contribution is 5.82. The minimum Gasteiger partial charge on any atom is -0.458 e. The summed E-state index contributed by atoms with van der Waals surface area (Å²) in [5.74, 6) is -0.499. The highest BCUT2D eigenvalue weighted by Gasteiger charge is 2.43. The monoisotopic (exact) mass is 573 g/mol. The lowest BCUT2D eigenvalue weighted by Crippen LogP contribution is -2.50. The average Bonchev–Trinajstić information content (AvgIpc) is 2.96. The van der Waals surface area contributed by atoms with E-state index in [2.05, 4.69) is 42.6 Å². The van der Waals surface area contributed by atoms with Gasteiger partial charge in [-0.25, -0.2) is 9.64 Å². The van der Waals surface area contributed by atoms with Gasteiger partial charge in [0.2, 0.25) is 0 Å². The van der Waals surface area contributed by atoms with E-state index in [9.17, 15) is 4.79 Å². The lowest BCUT2D eigenvalue weighted by atomic mass is 9.79. The van der Waals surface area contributed by atoms with Gasteiger partial charge >= 0.3 is 5.97 Å². The molecule has 3 saturated heterocycles. The molecule has 0 saturated carbocycles. The van der Waals surface area contributed by atoms with E-state index < -0.39 is 6.29 Å². The molecule has 1 aromatic carbocycles. The molecule has 0 spiro atoms. The maximum Gasteiger partial charge on any atom is 0.330 e. The van der Waals surface area contributed by atoms with Gasteiger partial charge in [-0.15, -0.1) is 0 Å². The van der Waals surface area contributed by atoms with Crippen LogP contribution in [0.2, 0.25) is 0 Å². The number of hydrogen-bond acceptors (Lipinski definition) is 6.